The average molecular weight is 280 g/mol. The van der Waals surface area contributed by atoms with Gasteiger partial charge in [0.1, 0.15) is 5.75 Å². The SMILES string of the molecule is O=C(Oc1ccccc1)c1ccc(C2CCCCC2)cc1. The summed E-state index contributed by atoms with van der Waals surface area (Å²) in [6.45, 7) is 0. The second-order valence-electron chi connectivity index (χ2n) is 5.66. The van der Waals surface area contributed by atoms with Crippen LogP contribution in [0.5, 0.6) is 5.75 Å². The van der Waals surface area contributed by atoms with Crippen molar-refractivity contribution in [3.8, 4) is 5.75 Å². The van der Waals surface area contributed by atoms with Crippen molar-refractivity contribution < 1.29 is 9.53 Å². The lowest BCUT2D eigenvalue weighted by Crippen LogP contribution is -2.09. The third-order valence-electron chi connectivity index (χ3n) is 4.18. The number of rotatable bonds is 3. The number of hydrogen-bond acceptors (Lipinski definition) is 2. The summed E-state index contributed by atoms with van der Waals surface area (Å²) in [4.78, 5) is 12.1. The van der Waals surface area contributed by atoms with Crippen LogP contribution < -0.4 is 4.74 Å². The molecule has 21 heavy (non-hydrogen) atoms. The topological polar surface area (TPSA) is 26.3 Å². The van der Waals surface area contributed by atoms with E-state index in [2.05, 4.69) is 12.1 Å². The minimum Gasteiger partial charge on any atom is -0.423 e. The van der Waals surface area contributed by atoms with Crippen molar-refractivity contribution in [3.63, 3.8) is 0 Å². The van der Waals surface area contributed by atoms with E-state index in [1.807, 2.05) is 30.3 Å². The quantitative estimate of drug-likeness (QED) is 0.587. The van der Waals surface area contributed by atoms with Crippen LogP contribution >= 0.6 is 0 Å². The molecule has 1 saturated carbocycles. The van der Waals surface area contributed by atoms with Crippen LogP contribution in [0.4, 0.5) is 0 Å². The second-order valence-corrected chi connectivity index (χ2v) is 5.66. The number of ether oxygens (including phenoxy) is 1. The van der Waals surface area contributed by atoms with Gasteiger partial charge in [0.25, 0.3) is 0 Å². The molecule has 1 aliphatic rings. The Balaban J connectivity index is 1.67. The highest BCUT2D eigenvalue weighted by Gasteiger charge is 2.16. The number of para-hydroxylation sites is 1. The Hall–Kier alpha value is -2.09. The van der Waals surface area contributed by atoms with Crippen LogP contribution in [0.25, 0.3) is 0 Å². The highest BCUT2D eigenvalue weighted by atomic mass is 16.5. The molecule has 0 aliphatic heterocycles. The van der Waals surface area contributed by atoms with Gasteiger partial charge in [-0.05, 0) is 48.6 Å². The highest BCUT2D eigenvalue weighted by Crippen LogP contribution is 2.32. The lowest BCUT2D eigenvalue weighted by molar-refractivity contribution is 0.0735. The molecule has 2 aromatic rings. The van der Waals surface area contributed by atoms with E-state index < -0.39 is 0 Å². The van der Waals surface area contributed by atoms with Crippen molar-refractivity contribution in [1.29, 1.82) is 0 Å². The molecule has 0 saturated heterocycles. The fourth-order valence-corrected chi connectivity index (χ4v) is 2.98. The molecule has 2 heteroatoms. The summed E-state index contributed by atoms with van der Waals surface area (Å²) in [5.41, 5.74) is 1.96. The molecule has 2 nitrogen and oxygen atoms in total. The van der Waals surface area contributed by atoms with Gasteiger partial charge in [0.2, 0.25) is 0 Å². The van der Waals surface area contributed by atoms with E-state index in [4.69, 9.17) is 4.74 Å². The van der Waals surface area contributed by atoms with Gasteiger partial charge in [0.05, 0.1) is 5.56 Å². The van der Waals surface area contributed by atoms with E-state index in [1.54, 1.807) is 12.1 Å². The predicted molar refractivity (Wildman–Crippen MR) is 83.7 cm³/mol. The first-order chi connectivity index (χ1) is 10.3. The summed E-state index contributed by atoms with van der Waals surface area (Å²) in [6.07, 6.45) is 6.55. The smallest absolute Gasteiger partial charge is 0.343 e. The van der Waals surface area contributed by atoms with Gasteiger partial charge in [-0.25, -0.2) is 4.79 Å². The fraction of sp³-hybridized carbons (Fsp3) is 0.316. The maximum absolute atomic E-state index is 12.1. The van der Waals surface area contributed by atoms with Crippen molar-refractivity contribution in [2.24, 2.45) is 0 Å². The summed E-state index contributed by atoms with van der Waals surface area (Å²) in [5, 5.41) is 0. The molecule has 0 bridgehead atoms. The number of esters is 1. The summed E-state index contributed by atoms with van der Waals surface area (Å²) in [5.74, 6) is 0.952. The lowest BCUT2D eigenvalue weighted by Gasteiger charge is -2.21. The molecule has 0 atom stereocenters. The van der Waals surface area contributed by atoms with Crippen molar-refractivity contribution in [1.82, 2.24) is 0 Å². The van der Waals surface area contributed by atoms with Gasteiger partial charge in [0.15, 0.2) is 0 Å². The van der Waals surface area contributed by atoms with Gasteiger partial charge in [-0.1, -0.05) is 49.6 Å². The normalized spacial score (nSPS) is 15.6. The molecule has 2 aromatic carbocycles. The third kappa shape index (κ3) is 3.52. The molecular weight excluding hydrogens is 260 g/mol. The molecule has 0 radical (unpaired) electrons. The molecule has 0 amide bonds. The summed E-state index contributed by atoms with van der Waals surface area (Å²) >= 11 is 0. The number of benzene rings is 2. The molecule has 0 aromatic heterocycles. The van der Waals surface area contributed by atoms with Crippen LogP contribution in [-0.4, -0.2) is 5.97 Å². The zero-order valence-electron chi connectivity index (χ0n) is 12.1. The van der Waals surface area contributed by atoms with Crippen LogP contribution in [0, 0.1) is 0 Å². The first kappa shape index (κ1) is 13.9. The summed E-state index contributed by atoms with van der Waals surface area (Å²) in [6, 6.07) is 17.1. The van der Waals surface area contributed by atoms with E-state index >= 15 is 0 Å². The van der Waals surface area contributed by atoms with Gasteiger partial charge in [-0.15, -0.1) is 0 Å². The van der Waals surface area contributed by atoms with Crippen LogP contribution in [0.1, 0.15) is 53.9 Å². The van der Waals surface area contributed by atoms with Crippen LogP contribution in [0.15, 0.2) is 54.6 Å². The molecule has 108 valence electrons. The molecule has 0 unspecified atom stereocenters. The Morgan fingerprint density at radius 1 is 0.857 bits per heavy atom. The first-order valence-corrected chi connectivity index (χ1v) is 7.70. The number of hydrogen-bond donors (Lipinski definition) is 0. The van der Waals surface area contributed by atoms with Gasteiger partial charge in [-0.3, -0.25) is 0 Å². The van der Waals surface area contributed by atoms with Gasteiger partial charge >= 0.3 is 5.97 Å². The summed E-state index contributed by atoms with van der Waals surface area (Å²) in [7, 11) is 0. The Kier molecular flexibility index (Phi) is 4.34. The predicted octanol–water partition coefficient (Wildman–Crippen LogP) is 4.95. The molecule has 0 heterocycles. The summed E-state index contributed by atoms with van der Waals surface area (Å²) < 4.78 is 5.35. The van der Waals surface area contributed by atoms with Crippen molar-refractivity contribution >= 4 is 5.97 Å². The Morgan fingerprint density at radius 2 is 1.52 bits per heavy atom. The monoisotopic (exact) mass is 280 g/mol. The van der Waals surface area contributed by atoms with E-state index in [0.717, 1.165) is 0 Å². The maximum atomic E-state index is 12.1. The molecule has 3 rings (SSSR count). The van der Waals surface area contributed by atoms with Gasteiger partial charge in [-0.2, -0.15) is 0 Å². The maximum Gasteiger partial charge on any atom is 0.343 e. The van der Waals surface area contributed by atoms with Gasteiger partial charge in [0, 0.05) is 0 Å². The molecule has 1 aliphatic carbocycles. The van der Waals surface area contributed by atoms with E-state index in [-0.39, 0.29) is 5.97 Å². The van der Waals surface area contributed by atoms with Crippen LogP contribution in [0.2, 0.25) is 0 Å². The Labute approximate surface area is 125 Å². The minimum atomic E-state index is -0.295. The molecule has 0 N–H and O–H groups in total. The highest BCUT2D eigenvalue weighted by molar-refractivity contribution is 5.91. The first-order valence-electron chi connectivity index (χ1n) is 7.70. The minimum absolute atomic E-state index is 0.295. The zero-order valence-corrected chi connectivity index (χ0v) is 12.1. The van der Waals surface area contributed by atoms with Crippen LogP contribution in [-0.2, 0) is 0 Å². The molecular formula is C19H20O2. The van der Waals surface area contributed by atoms with Crippen molar-refractivity contribution in [2.45, 2.75) is 38.0 Å². The Bertz CT molecular complexity index is 581. The third-order valence-corrected chi connectivity index (χ3v) is 4.18. The molecule has 0 spiro atoms. The van der Waals surface area contributed by atoms with E-state index in [0.29, 0.717) is 17.2 Å². The lowest BCUT2D eigenvalue weighted by atomic mass is 9.84. The van der Waals surface area contributed by atoms with E-state index in [9.17, 15) is 4.79 Å². The number of carbonyl (C=O) groups is 1. The Morgan fingerprint density at radius 3 is 2.19 bits per heavy atom. The average Bonchev–Trinajstić information content (AvgIpc) is 2.57. The van der Waals surface area contributed by atoms with Crippen molar-refractivity contribution in [2.75, 3.05) is 0 Å². The van der Waals surface area contributed by atoms with Gasteiger partial charge < -0.3 is 4.74 Å². The van der Waals surface area contributed by atoms with Crippen LogP contribution in [0.3, 0.4) is 0 Å². The standard InChI is InChI=1S/C19H20O2/c20-19(21-18-9-5-2-6-10-18)17-13-11-16(12-14-17)15-7-3-1-4-8-15/h2,5-6,9-15H,1,3-4,7-8H2. The number of carbonyl (C=O) groups excluding carboxylic acids is 1. The second kappa shape index (κ2) is 6.57. The molecule has 1 fully saturated rings. The van der Waals surface area contributed by atoms with E-state index in [1.165, 1.54) is 37.7 Å². The zero-order chi connectivity index (χ0) is 14.5. The largest absolute Gasteiger partial charge is 0.423 e. The fourth-order valence-electron chi connectivity index (χ4n) is 2.98. The van der Waals surface area contributed by atoms with Crippen molar-refractivity contribution in [3.05, 3.63) is 65.7 Å².